The van der Waals surface area contributed by atoms with E-state index in [1.54, 1.807) is 63.2 Å². The zero-order valence-corrected chi connectivity index (χ0v) is 17.8. The molecule has 5 nitrogen and oxygen atoms in total. The number of hydrogen-bond acceptors (Lipinski definition) is 5. The molecule has 0 bridgehead atoms. The van der Waals surface area contributed by atoms with Crippen LogP contribution in [-0.4, -0.2) is 17.0 Å². The molecule has 0 heterocycles. The Morgan fingerprint density at radius 1 is 0.633 bits per heavy atom. The normalized spacial score (nSPS) is 11.0. The lowest BCUT2D eigenvalue weighted by atomic mass is 10.1. The molecule has 30 heavy (non-hydrogen) atoms. The molecular weight excluding hydrogens is 399 g/mol. The topological polar surface area (TPSA) is 77.5 Å². The van der Waals surface area contributed by atoms with Crippen LogP contribution in [-0.2, 0) is 9.09 Å². The Labute approximate surface area is 175 Å². The van der Waals surface area contributed by atoms with E-state index in [2.05, 4.69) is 0 Å². The van der Waals surface area contributed by atoms with Crippen molar-refractivity contribution in [3.63, 3.8) is 0 Å². The summed E-state index contributed by atoms with van der Waals surface area (Å²) < 4.78 is 19.0. The largest absolute Gasteiger partial charge is 0.397 e. The van der Waals surface area contributed by atoms with Crippen molar-refractivity contribution in [3.8, 4) is 0 Å². The van der Waals surface area contributed by atoms with E-state index in [0.29, 0.717) is 0 Å². The third kappa shape index (κ3) is 4.47. The van der Waals surface area contributed by atoms with Crippen LogP contribution >= 0.6 is 7.37 Å². The molecular formula is C24H21O5P. The van der Waals surface area contributed by atoms with Crippen molar-refractivity contribution in [1.82, 2.24) is 0 Å². The summed E-state index contributed by atoms with van der Waals surface area (Å²) in [6.45, 7) is 5.32. The Hall–Kier alpha value is -3.30. The summed E-state index contributed by atoms with van der Waals surface area (Å²) in [5.74, 6) is -0.982. The van der Waals surface area contributed by atoms with Crippen LogP contribution in [0.15, 0.2) is 72.8 Å². The van der Waals surface area contributed by atoms with Gasteiger partial charge in [0.25, 0.3) is 11.0 Å². The fourth-order valence-corrected chi connectivity index (χ4v) is 4.66. The third-order valence-corrected chi connectivity index (χ3v) is 6.54. The number of rotatable bonds is 6. The highest BCUT2D eigenvalue weighted by molar-refractivity contribution is 7.92. The van der Waals surface area contributed by atoms with E-state index in [1.165, 1.54) is 30.3 Å². The average Bonchev–Trinajstić information content (AvgIpc) is 2.72. The van der Waals surface area contributed by atoms with E-state index in [1.807, 2.05) is 0 Å². The summed E-state index contributed by atoms with van der Waals surface area (Å²) >= 11 is 0. The molecule has 0 unspecified atom stereocenters. The smallest absolute Gasteiger partial charge is 0.388 e. The van der Waals surface area contributed by atoms with Gasteiger partial charge in [0.15, 0.2) is 0 Å². The predicted molar refractivity (Wildman–Crippen MR) is 115 cm³/mol. The molecule has 0 spiro atoms. The van der Waals surface area contributed by atoms with E-state index < -0.39 is 24.4 Å². The number of hydrogen-bond donors (Lipinski definition) is 0. The lowest BCUT2D eigenvalue weighted by Crippen LogP contribution is -2.17. The van der Waals surface area contributed by atoms with Crippen LogP contribution in [0.4, 0.5) is 0 Å². The number of benzene rings is 3. The van der Waals surface area contributed by atoms with Crippen LogP contribution in [0.3, 0.4) is 0 Å². The van der Waals surface area contributed by atoms with Gasteiger partial charge in [-0.1, -0.05) is 65.2 Å². The summed E-state index contributed by atoms with van der Waals surface area (Å²) in [5, 5.41) is 0. The van der Waals surface area contributed by atoms with Gasteiger partial charge in [-0.05, 0) is 45.0 Å². The summed E-state index contributed by atoms with van der Waals surface area (Å²) in [6, 6.07) is 19.1. The van der Waals surface area contributed by atoms with Crippen LogP contribution in [0.5, 0.6) is 0 Å². The highest BCUT2D eigenvalue weighted by Crippen LogP contribution is 2.53. The minimum Gasteiger partial charge on any atom is -0.397 e. The van der Waals surface area contributed by atoms with Gasteiger partial charge < -0.3 is 4.52 Å². The monoisotopic (exact) mass is 420 g/mol. The van der Waals surface area contributed by atoms with Gasteiger partial charge in [-0.3, -0.25) is 14.2 Å². The van der Waals surface area contributed by atoms with Crippen molar-refractivity contribution in [2.75, 3.05) is 0 Å². The zero-order chi connectivity index (χ0) is 21.9. The van der Waals surface area contributed by atoms with Gasteiger partial charge in [-0.25, -0.2) is 4.79 Å². The Bertz CT molecular complexity index is 1130. The van der Waals surface area contributed by atoms with Gasteiger partial charge in [0.05, 0.1) is 5.56 Å². The Balaban J connectivity index is 2.08. The molecule has 152 valence electrons. The van der Waals surface area contributed by atoms with E-state index >= 15 is 0 Å². The summed E-state index contributed by atoms with van der Waals surface area (Å²) in [5.41, 5.74) is 0.504. The molecule has 3 rings (SSSR count). The first-order chi connectivity index (χ1) is 14.2. The molecule has 0 fully saturated rings. The highest BCUT2D eigenvalue weighted by atomic mass is 31.2. The lowest BCUT2D eigenvalue weighted by Gasteiger charge is -2.17. The molecule has 0 aliphatic rings. The van der Waals surface area contributed by atoms with E-state index in [9.17, 15) is 18.9 Å². The van der Waals surface area contributed by atoms with Gasteiger partial charge in [0, 0.05) is 11.1 Å². The zero-order valence-electron chi connectivity index (χ0n) is 16.9. The van der Waals surface area contributed by atoms with Crippen molar-refractivity contribution in [1.29, 1.82) is 0 Å². The molecule has 3 aromatic rings. The van der Waals surface area contributed by atoms with Crippen molar-refractivity contribution in [2.24, 2.45) is 0 Å². The highest BCUT2D eigenvalue weighted by Gasteiger charge is 2.45. The molecule has 3 aromatic carbocycles. The molecule has 0 amide bonds. The second-order valence-corrected chi connectivity index (χ2v) is 9.25. The Morgan fingerprint density at radius 2 is 1.00 bits per heavy atom. The number of carbonyl (C=O) groups is 3. The van der Waals surface area contributed by atoms with Gasteiger partial charge in [0.1, 0.15) is 0 Å². The molecule has 0 aliphatic carbocycles. The van der Waals surface area contributed by atoms with Gasteiger partial charge >= 0.3 is 13.3 Å². The SMILES string of the molecule is Cc1cccc(C(=O)OP(=O)(C(=O)c2cccc(C)c2)C(=O)c2cccc(C)c2)c1. The molecule has 0 aromatic heterocycles. The van der Waals surface area contributed by atoms with Crippen LogP contribution in [0.25, 0.3) is 0 Å². The Kier molecular flexibility index (Phi) is 6.14. The molecule has 0 saturated heterocycles. The molecule has 0 N–H and O–H groups in total. The van der Waals surface area contributed by atoms with Gasteiger partial charge in [0.2, 0.25) is 0 Å². The van der Waals surface area contributed by atoms with E-state index in [-0.39, 0.29) is 16.7 Å². The maximum absolute atomic E-state index is 13.8. The van der Waals surface area contributed by atoms with Gasteiger partial charge in [-0.15, -0.1) is 0 Å². The number of aryl methyl sites for hydroxylation is 3. The minimum atomic E-state index is -4.75. The lowest BCUT2D eigenvalue weighted by molar-refractivity contribution is 0.0715. The first kappa shape index (κ1) is 21.4. The third-order valence-electron chi connectivity index (χ3n) is 4.53. The first-order valence-corrected chi connectivity index (χ1v) is 11.0. The standard InChI is InChI=1S/C24H21O5P/c1-16-7-4-10-19(13-16)22(25)29-30(28,23(26)20-11-5-8-17(2)14-20)24(27)21-12-6-9-18(3)15-21/h4-15H,1-3H3. The van der Waals surface area contributed by atoms with Crippen molar-refractivity contribution in [3.05, 3.63) is 106 Å². The van der Waals surface area contributed by atoms with E-state index in [4.69, 9.17) is 4.52 Å². The predicted octanol–water partition coefficient (Wildman–Crippen LogP) is 5.73. The van der Waals surface area contributed by atoms with Crippen molar-refractivity contribution >= 4 is 24.4 Å². The first-order valence-electron chi connectivity index (χ1n) is 9.34. The van der Waals surface area contributed by atoms with Crippen LogP contribution < -0.4 is 0 Å². The maximum atomic E-state index is 13.8. The Morgan fingerprint density at radius 3 is 1.40 bits per heavy atom. The fraction of sp³-hybridized carbons (Fsp3) is 0.125. The summed E-state index contributed by atoms with van der Waals surface area (Å²) in [7, 11) is -4.75. The second-order valence-electron chi connectivity index (χ2n) is 7.15. The van der Waals surface area contributed by atoms with Crippen LogP contribution in [0.2, 0.25) is 0 Å². The van der Waals surface area contributed by atoms with Gasteiger partial charge in [-0.2, -0.15) is 0 Å². The number of carbonyl (C=O) groups excluding carboxylic acids is 3. The average molecular weight is 420 g/mol. The maximum Gasteiger partial charge on any atom is 0.388 e. The minimum absolute atomic E-state index is 0.0522. The molecule has 0 atom stereocenters. The molecule has 0 saturated carbocycles. The van der Waals surface area contributed by atoms with Crippen molar-refractivity contribution < 1.29 is 23.5 Å². The molecule has 6 heteroatoms. The summed E-state index contributed by atoms with van der Waals surface area (Å²) in [6.07, 6.45) is 0. The molecule has 0 aliphatic heterocycles. The molecule has 0 radical (unpaired) electrons. The van der Waals surface area contributed by atoms with Crippen molar-refractivity contribution in [2.45, 2.75) is 20.8 Å². The van der Waals surface area contributed by atoms with E-state index in [0.717, 1.165) is 16.7 Å². The summed E-state index contributed by atoms with van der Waals surface area (Å²) in [4.78, 5) is 39.1. The van der Waals surface area contributed by atoms with Crippen LogP contribution in [0, 0.1) is 20.8 Å². The fourth-order valence-electron chi connectivity index (χ4n) is 3.01. The quantitative estimate of drug-likeness (QED) is 0.476. The second kappa shape index (κ2) is 8.60. The van der Waals surface area contributed by atoms with Crippen LogP contribution in [0.1, 0.15) is 47.8 Å².